The van der Waals surface area contributed by atoms with Crippen molar-refractivity contribution in [2.24, 2.45) is 0 Å². The number of H-pyrrole nitrogens is 1. The van der Waals surface area contributed by atoms with Crippen LogP contribution in [-0.2, 0) is 4.79 Å². The number of anilines is 1. The Labute approximate surface area is 149 Å². The van der Waals surface area contributed by atoms with Crippen molar-refractivity contribution in [3.05, 3.63) is 47.9 Å². The van der Waals surface area contributed by atoms with Gasteiger partial charge in [0.05, 0.1) is 17.1 Å². The summed E-state index contributed by atoms with van der Waals surface area (Å²) in [5.74, 6) is 2.10. The predicted octanol–water partition coefficient (Wildman–Crippen LogP) is 2.91. The van der Waals surface area contributed by atoms with E-state index in [1.165, 1.54) is 24.6 Å². The molecule has 7 nitrogen and oxygen atoms in total. The number of hydrogen-bond acceptors (Lipinski definition) is 5. The summed E-state index contributed by atoms with van der Waals surface area (Å²) in [6, 6.07) is 11.8. The van der Waals surface area contributed by atoms with Crippen LogP contribution in [0.4, 0.5) is 5.82 Å². The van der Waals surface area contributed by atoms with Crippen molar-refractivity contribution >= 4 is 23.5 Å². The molecule has 2 aromatic heterocycles. The van der Waals surface area contributed by atoms with Gasteiger partial charge in [-0.3, -0.25) is 9.89 Å². The largest absolute Gasteiger partial charge is 0.310 e. The van der Waals surface area contributed by atoms with Gasteiger partial charge in [0.2, 0.25) is 11.1 Å². The van der Waals surface area contributed by atoms with Crippen LogP contribution in [-0.4, -0.2) is 36.6 Å². The third kappa shape index (κ3) is 3.74. The van der Waals surface area contributed by atoms with Gasteiger partial charge in [0.15, 0.2) is 0 Å². The number of aromatic amines is 1. The number of amides is 1. The van der Waals surface area contributed by atoms with Crippen LogP contribution in [0.15, 0.2) is 41.6 Å². The number of para-hydroxylation sites is 1. The molecule has 4 rings (SSSR count). The Bertz CT molecular complexity index is 884. The lowest BCUT2D eigenvalue weighted by molar-refractivity contribution is -0.113. The van der Waals surface area contributed by atoms with Crippen LogP contribution in [0.1, 0.15) is 30.3 Å². The number of rotatable bonds is 6. The first-order valence-corrected chi connectivity index (χ1v) is 9.14. The number of thioether (sulfide) groups is 1. The second kappa shape index (κ2) is 6.72. The van der Waals surface area contributed by atoms with Crippen LogP contribution in [0.2, 0.25) is 0 Å². The van der Waals surface area contributed by atoms with Crippen LogP contribution in [0.3, 0.4) is 0 Å². The average Bonchev–Trinajstić information content (AvgIpc) is 3.26. The number of aryl methyl sites for hydroxylation is 1. The highest BCUT2D eigenvalue weighted by atomic mass is 32.2. The van der Waals surface area contributed by atoms with Crippen LogP contribution < -0.4 is 5.32 Å². The van der Waals surface area contributed by atoms with Crippen molar-refractivity contribution < 1.29 is 4.79 Å². The fraction of sp³-hybridized carbons (Fsp3) is 0.294. The second-order valence-electron chi connectivity index (χ2n) is 6.02. The Balaban J connectivity index is 1.49. The van der Waals surface area contributed by atoms with Crippen molar-refractivity contribution in [2.45, 2.75) is 30.8 Å². The molecule has 1 saturated carbocycles. The summed E-state index contributed by atoms with van der Waals surface area (Å²) >= 11 is 1.30. The molecule has 128 valence electrons. The van der Waals surface area contributed by atoms with E-state index in [9.17, 15) is 4.79 Å². The number of nitrogens with one attached hydrogen (secondary N) is 2. The highest BCUT2D eigenvalue weighted by Crippen LogP contribution is 2.40. The van der Waals surface area contributed by atoms with Crippen LogP contribution in [0.5, 0.6) is 0 Å². The third-order valence-electron chi connectivity index (χ3n) is 3.90. The van der Waals surface area contributed by atoms with Crippen molar-refractivity contribution in [2.75, 3.05) is 11.1 Å². The highest BCUT2D eigenvalue weighted by molar-refractivity contribution is 7.99. The number of carbonyl (C=O) groups is 1. The molecule has 2 heterocycles. The van der Waals surface area contributed by atoms with Crippen molar-refractivity contribution in [3.8, 4) is 5.69 Å². The van der Waals surface area contributed by atoms with Gasteiger partial charge in [-0.25, -0.2) is 9.67 Å². The molecule has 1 aromatic carbocycles. The standard InChI is InChI=1S/C17H18N6OS/c1-11-18-17(21-20-11)25-10-16(24)19-15-9-14(12-7-8-12)22-23(15)13-5-3-2-4-6-13/h2-6,9,12H,7-8,10H2,1H3,(H,19,24)(H,18,20,21). The van der Waals surface area contributed by atoms with Crippen molar-refractivity contribution in [1.82, 2.24) is 25.0 Å². The van der Waals surface area contributed by atoms with Gasteiger partial charge in [0.25, 0.3) is 0 Å². The fourth-order valence-corrected chi connectivity index (χ4v) is 3.17. The van der Waals surface area contributed by atoms with E-state index in [2.05, 4.69) is 25.6 Å². The molecule has 25 heavy (non-hydrogen) atoms. The summed E-state index contributed by atoms with van der Waals surface area (Å²) in [7, 11) is 0. The number of carbonyl (C=O) groups excluding carboxylic acids is 1. The average molecular weight is 354 g/mol. The lowest BCUT2D eigenvalue weighted by Crippen LogP contribution is -2.17. The number of hydrogen-bond donors (Lipinski definition) is 2. The van der Waals surface area contributed by atoms with Gasteiger partial charge in [0.1, 0.15) is 11.6 Å². The quantitative estimate of drug-likeness (QED) is 0.665. The first-order chi connectivity index (χ1) is 12.2. The zero-order valence-corrected chi connectivity index (χ0v) is 14.6. The van der Waals surface area contributed by atoms with Gasteiger partial charge in [0, 0.05) is 12.0 Å². The number of nitrogens with zero attached hydrogens (tertiary/aromatic N) is 4. The molecule has 1 fully saturated rings. The lowest BCUT2D eigenvalue weighted by atomic mass is 10.3. The maximum absolute atomic E-state index is 12.3. The molecule has 0 spiro atoms. The molecule has 2 N–H and O–H groups in total. The lowest BCUT2D eigenvalue weighted by Gasteiger charge is -2.08. The molecular weight excluding hydrogens is 336 g/mol. The maximum Gasteiger partial charge on any atom is 0.236 e. The van der Waals surface area contributed by atoms with Gasteiger partial charge in [-0.05, 0) is 31.9 Å². The molecule has 8 heteroatoms. The summed E-state index contributed by atoms with van der Waals surface area (Å²) in [6.45, 7) is 1.83. The number of aromatic nitrogens is 5. The van der Waals surface area contributed by atoms with Gasteiger partial charge in [-0.1, -0.05) is 30.0 Å². The van der Waals surface area contributed by atoms with Gasteiger partial charge >= 0.3 is 0 Å². The minimum absolute atomic E-state index is 0.105. The Kier molecular flexibility index (Phi) is 4.27. The molecule has 0 bridgehead atoms. The van der Waals surface area contributed by atoms with Crippen LogP contribution >= 0.6 is 11.8 Å². The highest BCUT2D eigenvalue weighted by Gasteiger charge is 2.28. The molecule has 1 aliphatic rings. The zero-order chi connectivity index (χ0) is 17.2. The third-order valence-corrected chi connectivity index (χ3v) is 4.75. The summed E-state index contributed by atoms with van der Waals surface area (Å²) in [4.78, 5) is 16.5. The van der Waals surface area contributed by atoms with Crippen LogP contribution in [0.25, 0.3) is 5.69 Å². The van der Waals surface area contributed by atoms with E-state index < -0.39 is 0 Å². The molecule has 0 saturated heterocycles. The zero-order valence-electron chi connectivity index (χ0n) is 13.8. The maximum atomic E-state index is 12.3. The molecule has 0 atom stereocenters. The first kappa shape index (κ1) is 15.9. The summed E-state index contributed by atoms with van der Waals surface area (Å²) in [5.41, 5.74) is 1.97. The number of benzene rings is 1. The minimum atomic E-state index is -0.105. The molecule has 1 aliphatic carbocycles. The van der Waals surface area contributed by atoms with E-state index >= 15 is 0 Å². The van der Waals surface area contributed by atoms with E-state index in [0.29, 0.717) is 16.9 Å². The van der Waals surface area contributed by atoms with E-state index in [4.69, 9.17) is 0 Å². The Morgan fingerprint density at radius 1 is 1.36 bits per heavy atom. The summed E-state index contributed by atoms with van der Waals surface area (Å²) < 4.78 is 1.80. The van der Waals surface area contributed by atoms with E-state index in [1.54, 1.807) is 4.68 Å². The van der Waals surface area contributed by atoms with E-state index in [0.717, 1.165) is 17.2 Å². The Hall–Kier alpha value is -2.61. The van der Waals surface area contributed by atoms with Gasteiger partial charge in [-0.15, -0.1) is 5.10 Å². The van der Waals surface area contributed by atoms with E-state index in [1.807, 2.05) is 43.3 Å². The molecule has 0 unspecified atom stereocenters. The molecule has 3 aromatic rings. The normalized spacial score (nSPS) is 13.8. The minimum Gasteiger partial charge on any atom is -0.310 e. The van der Waals surface area contributed by atoms with Gasteiger partial charge < -0.3 is 5.32 Å². The summed E-state index contributed by atoms with van der Waals surface area (Å²) in [5, 5.41) is 15.0. The van der Waals surface area contributed by atoms with Crippen LogP contribution in [0, 0.1) is 6.92 Å². The molecular formula is C17H18N6OS. The Morgan fingerprint density at radius 2 is 2.16 bits per heavy atom. The molecule has 0 aliphatic heterocycles. The molecule has 0 radical (unpaired) electrons. The second-order valence-corrected chi connectivity index (χ2v) is 6.96. The topological polar surface area (TPSA) is 88.5 Å². The molecule has 1 amide bonds. The SMILES string of the molecule is Cc1nc(SCC(=O)Nc2cc(C3CC3)nn2-c2ccccc2)n[nH]1. The Morgan fingerprint density at radius 3 is 2.84 bits per heavy atom. The van der Waals surface area contributed by atoms with Crippen molar-refractivity contribution in [1.29, 1.82) is 0 Å². The van der Waals surface area contributed by atoms with Gasteiger partial charge in [-0.2, -0.15) is 5.10 Å². The monoisotopic (exact) mass is 354 g/mol. The predicted molar refractivity (Wildman–Crippen MR) is 96.0 cm³/mol. The van der Waals surface area contributed by atoms with E-state index in [-0.39, 0.29) is 11.7 Å². The summed E-state index contributed by atoms with van der Waals surface area (Å²) in [6.07, 6.45) is 2.33. The first-order valence-electron chi connectivity index (χ1n) is 8.16. The fourth-order valence-electron chi connectivity index (χ4n) is 2.53. The smallest absolute Gasteiger partial charge is 0.236 e. The van der Waals surface area contributed by atoms with Crippen molar-refractivity contribution in [3.63, 3.8) is 0 Å².